The van der Waals surface area contributed by atoms with Crippen LogP contribution in [0.25, 0.3) is 5.69 Å². The quantitative estimate of drug-likeness (QED) is 0.836. The summed E-state index contributed by atoms with van der Waals surface area (Å²) in [4.78, 5) is 17.1. The van der Waals surface area contributed by atoms with Crippen molar-refractivity contribution in [3.8, 4) is 5.69 Å². The summed E-state index contributed by atoms with van der Waals surface area (Å²) in [6, 6.07) is 8.94. The van der Waals surface area contributed by atoms with Gasteiger partial charge in [0.15, 0.2) is 0 Å². The van der Waals surface area contributed by atoms with Crippen LogP contribution in [0.3, 0.4) is 0 Å². The van der Waals surface area contributed by atoms with Crippen molar-refractivity contribution in [2.45, 2.75) is 45.2 Å². The minimum absolute atomic E-state index is 0.194. The fourth-order valence-electron chi connectivity index (χ4n) is 3.41. The zero-order valence-electron chi connectivity index (χ0n) is 15.3. The Morgan fingerprint density at radius 3 is 2.32 bits per heavy atom. The molecule has 2 heterocycles. The molecule has 25 heavy (non-hydrogen) atoms. The SMILES string of the molecule is CC(C)N1CCC(N(C)C(=O)Cc2ccc(-n3cnnc3)cc2)CC1. The number of aromatic nitrogens is 3. The van der Waals surface area contributed by atoms with Gasteiger partial charge >= 0.3 is 0 Å². The summed E-state index contributed by atoms with van der Waals surface area (Å²) in [5.41, 5.74) is 2.03. The van der Waals surface area contributed by atoms with Crippen molar-refractivity contribution in [2.24, 2.45) is 0 Å². The highest BCUT2D eigenvalue weighted by atomic mass is 16.2. The molecule has 1 saturated heterocycles. The number of likely N-dealkylation sites (tertiary alicyclic amines) is 1. The topological polar surface area (TPSA) is 54.3 Å². The highest BCUT2D eigenvalue weighted by Gasteiger charge is 2.26. The average molecular weight is 341 g/mol. The summed E-state index contributed by atoms with van der Waals surface area (Å²) in [5.74, 6) is 0.194. The first-order chi connectivity index (χ1) is 12.0. The summed E-state index contributed by atoms with van der Waals surface area (Å²) in [6.45, 7) is 6.62. The Morgan fingerprint density at radius 2 is 1.76 bits per heavy atom. The number of nitrogens with zero attached hydrogens (tertiary/aromatic N) is 5. The second-order valence-electron chi connectivity index (χ2n) is 7.08. The van der Waals surface area contributed by atoms with E-state index in [1.807, 2.05) is 40.8 Å². The smallest absolute Gasteiger partial charge is 0.226 e. The van der Waals surface area contributed by atoms with Crippen molar-refractivity contribution in [1.82, 2.24) is 24.6 Å². The largest absolute Gasteiger partial charge is 0.342 e. The van der Waals surface area contributed by atoms with Crippen LogP contribution in [0.4, 0.5) is 0 Å². The maximum Gasteiger partial charge on any atom is 0.226 e. The first-order valence-corrected chi connectivity index (χ1v) is 8.98. The number of benzene rings is 1. The molecule has 2 aromatic rings. The molecule has 0 aliphatic carbocycles. The Kier molecular flexibility index (Phi) is 5.48. The Labute approximate surface area is 149 Å². The van der Waals surface area contributed by atoms with Crippen LogP contribution >= 0.6 is 0 Å². The summed E-state index contributed by atoms with van der Waals surface area (Å²) in [7, 11) is 1.95. The fourth-order valence-corrected chi connectivity index (χ4v) is 3.41. The molecule has 0 atom stereocenters. The summed E-state index contributed by atoms with van der Waals surface area (Å²) < 4.78 is 1.85. The predicted octanol–water partition coefficient (Wildman–Crippen LogP) is 2.14. The number of carbonyl (C=O) groups is 1. The molecule has 1 aromatic heterocycles. The molecule has 1 aliphatic heterocycles. The third kappa shape index (κ3) is 4.25. The van der Waals surface area contributed by atoms with E-state index in [-0.39, 0.29) is 5.91 Å². The number of piperidine rings is 1. The van der Waals surface area contributed by atoms with E-state index in [1.54, 1.807) is 12.7 Å². The molecule has 0 N–H and O–H groups in total. The van der Waals surface area contributed by atoms with Gasteiger partial charge in [-0.2, -0.15) is 0 Å². The average Bonchev–Trinajstić information content (AvgIpc) is 3.16. The van der Waals surface area contributed by atoms with Gasteiger partial charge in [-0.3, -0.25) is 9.36 Å². The summed E-state index contributed by atoms with van der Waals surface area (Å²) in [5, 5.41) is 7.62. The first-order valence-electron chi connectivity index (χ1n) is 8.98. The number of rotatable bonds is 5. The first kappa shape index (κ1) is 17.6. The van der Waals surface area contributed by atoms with Crippen LogP contribution < -0.4 is 0 Å². The maximum atomic E-state index is 12.6. The summed E-state index contributed by atoms with van der Waals surface area (Å²) in [6.07, 6.45) is 5.90. The number of hydrogen-bond donors (Lipinski definition) is 0. The van der Waals surface area contributed by atoms with Crippen LogP contribution in [0.1, 0.15) is 32.3 Å². The lowest BCUT2D eigenvalue weighted by Crippen LogP contribution is -2.47. The van der Waals surface area contributed by atoms with E-state index in [1.165, 1.54) is 0 Å². The standard InChI is InChI=1S/C19H27N5O/c1-15(2)23-10-8-17(9-11-23)22(3)19(25)12-16-4-6-18(7-5-16)24-13-20-21-14-24/h4-7,13-15,17H,8-12H2,1-3H3. The Hall–Kier alpha value is -2.21. The third-order valence-corrected chi connectivity index (χ3v) is 5.18. The molecule has 3 rings (SSSR count). The monoisotopic (exact) mass is 341 g/mol. The molecule has 1 fully saturated rings. The van der Waals surface area contributed by atoms with Gasteiger partial charge in [-0.25, -0.2) is 0 Å². The van der Waals surface area contributed by atoms with Crippen molar-refractivity contribution in [3.63, 3.8) is 0 Å². The van der Waals surface area contributed by atoms with Crippen molar-refractivity contribution in [3.05, 3.63) is 42.5 Å². The van der Waals surface area contributed by atoms with Gasteiger partial charge in [-0.05, 0) is 44.4 Å². The summed E-state index contributed by atoms with van der Waals surface area (Å²) >= 11 is 0. The number of amides is 1. The van der Waals surface area contributed by atoms with Gasteiger partial charge in [-0.1, -0.05) is 12.1 Å². The fraction of sp³-hybridized carbons (Fsp3) is 0.526. The Morgan fingerprint density at radius 1 is 1.16 bits per heavy atom. The van der Waals surface area contributed by atoms with E-state index in [4.69, 9.17) is 0 Å². The molecule has 0 unspecified atom stereocenters. The van der Waals surface area contributed by atoms with Gasteiger partial charge in [0.1, 0.15) is 12.7 Å². The van der Waals surface area contributed by atoms with Crippen molar-refractivity contribution >= 4 is 5.91 Å². The van der Waals surface area contributed by atoms with Crippen molar-refractivity contribution < 1.29 is 4.79 Å². The number of carbonyl (C=O) groups excluding carboxylic acids is 1. The molecular weight excluding hydrogens is 314 g/mol. The molecule has 0 bridgehead atoms. The van der Waals surface area contributed by atoms with Crippen LogP contribution in [-0.4, -0.2) is 62.7 Å². The molecule has 6 heteroatoms. The molecule has 0 saturated carbocycles. The third-order valence-electron chi connectivity index (χ3n) is 5.18. The minimum atomic E-state index is 0.194. The van der Waals surface area contributed by atoms with E-state index >= 15 is 0 Å². The minimum Gasteiger partial charge on any atom is -0.342 e. The van der Waals surface area contributed by atoms with Crippen LogP contribution in [0.2, 0.25) is 0 Å². The second-order valence-corrected chi connectivity index (χ2v) is 7.08. The molecular formula is C19H27N5O. The Balaban J connectivity index is 1.55. The highest BCUT2D eigenvalue weighted by molar-refractivity contribution is 5.78. The number of hydrogen-bond acceptors (Lipinski definition) is 4. The lowest BCUT2D eigenvalue weighted by atomic mass is 10.0. The molecule has 1 amide bonds. The van der Waals surface area contributed by atoms with Gasteiger partial charge in [0, 0.05) is 37.9 Å². The zero-order chi connectivity index (χ0) is 17.8. The molecule has 134 valence electrons. The maximum absolute atomic E-state index is 12.6. The lowest BCUT2D eigenvalue weighted by molar-refractivity contribution is -0.132. The van der Waals surface area contributed by atoms with Crippen LogP contribution in [0.5, 0.6) is 0 Å². The lowest BCUT2D eigenvalue weighted by Gasteiger charge is -2.38. The van der Waals surface area contributed by atoms with E-state index in [0.717, 1.165) is 37.2 Å². The van der Waals surface area contributed by atoms with E-state index in [0.29, 0.717) is 18.5 Å². The molecule has 6 nitrogen and oxygen atoms in total. The second kappa shape index (κ2) is 7.78. The van der Waals surface area contributed by atoms with Crippen LogP contribution in [-0.2, 0) is 11.2 Å². The highest BCUT2D eigenvalue weighted by Crippen LogP contribution is 2.18. The van der Waals surface area contributed by atoms with Crippen molar-refractivity contribution in [2.75, 3.05) is 20.1 Å². The normalized spacial score (nSPS) is 16.3. The Bertz CT molecular complexity index is 672. The number of likely N-dealkylation sites (N-methyl/N-ethyl adjacent to an activating group) is 1. The van der Waals surface area contributed by atoms with Gasteiger partial charge in [0.2, 0.25) is 5.91 Å². The van der Waals surface area contributed by atoms with E-state index in [9.17, 15) is 4.79 Å². The molecule has 1 aromatic carbocycles. The van der Waals surface area contributed by atoms with E-state index in [2.05, 4.69) is 28.9 Å². The van der Waals surface area contributed by atoms with Crippen LogP contribution in [0, 0.1) is 0 Å². The van der Waals surface area contributed by atoms with E-state index < -0.39 is 0 Å². The predicted molar refractivity (Wildman–Crippen MR) is 97.6 cm³/mol. The zero-order valence-corrected chi connectivity index (χ0v) is 15.3. The van der Waals surface area contributed by atoms with Crippen molar-refractivity contribution in [1.29, 1.82) is 0 Å². The molecule has 0 spiro atoms. The molecule has 1 aliphatic rings. The van der Waals surface area contributed by atoms with Crippen LogP contribution in [0.15, 0.2) is 36.9 Å². The molecule has 0 radical (unpaired) electrons. The van der Waals surface area contributed by atoms with Gasteiger partial charge in [-0.15, -0.1) is 10.2 Å². The van der Waals surface area contributed by atoms with Gasteiger partial charge in [0.25, 0.3) is 0 Å². The van der Waals surface area contributed by atoms with Gasteiger partial charge in [0.05, 0.1) is 6.42 Å². The van der Waals surface area contributed by atoms with Gasteiger partial charge < -0.3 is 9.80 Å².